The Labute approximate surface area is 164 Å². The first kappa shape index (κ1) is 20.1. The summed E-state index contributed by atoms with van der Waals surface area (Å²) in [5.41, 5.74) is -0.0388. The summed E-state index contributed by atoms with van der Waals surface area (Å²) in [5, 5.41) is 4.47. The number of rotatable bonds is 5. The first-order valence-electron chi connectivity index (χ1n) is 8.62. The van der Waals surface area contributed by atoms with E-state index in [1.807, 2.05) is 30.3 Å². The van der Waals surface area contributed by atoms with Crippen molar-refractivity contribution in [2.75, 3.05) is 11.9 Å². The van der Waals surface area contributed by atoms with Gasteiger partial charge in [-0.15, -0.1) is 0 Å². The molecule has 0 fully saturated rings. The number of hydrogen-bond acceptors (Lipinski definition) is 3. The Bertz CT molecular complexity index is 1070. The predicted molar refractivity (Wildman–Crippen MR) is 104 cm³/mol. The summed E-state index contributed by atoms with van der Waals surface area (Å²) in [5.74, 6) is -1.36. The second-order valence-corrected chi connectivity index (χ2v) is 6.14. The molecule has 1 amide bonds. The maximum Gasteiger partial charge on any atom is 0.416 e. The number of hydrogen-bond donors (Lipinski definition) is 1. The van der Waals surface area contributed by atoms with Crippen LogP contribution in [0.15, 0.2) is 72.8 Å². The lowest BCUT2D eigenvalue weighted by molar-refractivity contribution is -0.142. The zero-order valence-electron chi connectivity index (χ0n) is 15.1. The van der Waals surface area contributed by atoms with Gasteiger partial charge in [0.1, 0.15) is 0 Å². The average Bonchev–Trinajstić information content (AvgIpc) is 2.70. The number of nitrogens with one attached hydrogen (secondary N) is 1. The standard InChI is InChI=1S/C22H16F3NO3/c23-22(24,25)17-8-3-5-15(13-17)11-12-21(28)29-14-20(27)26-19-10-4-7-16-6-1-2-9-18(16)19/h1-13H,14H2,(H,26,27)/b12-11+. The van der Waals surface area contributed by atoms with Crippen molar-refractivity contribution >= 4 is 34.4 Å². The Morgan fingerprint density at radius 2 is 1.69 bits per heavy atom. The molecular weight excluding hydrogens is 383 g/mol. The SMILES string of the molecule is O=C(COC(=O)/C=C/c1cccc(C(F)(F)F)c1)Nc1cccc2ccccc12. The molecule has 4 nitrogen and oxygen atoms in total. The van der Waals surface area contributed by atoms with Gasteiger partial charge >= 0.3 is 12.1 Å². The van der Waals surface area contributed by atoms with Gasteiger partial charge in [0, 0.05) is 17.1 Å². The molecule has 0 aliphatic carbocycles. The summed E-state index contributed by atoms with van der Waals surface area (Å²) in [4.78, 5) is 23.8. The smallest absolute Gasteiger partial charge is 0.416 e. The molecule has 0 aromatic heterocycles. The molecule has 29 heavy (non-hydrogen) atoms. The van der Waals surface area contributed by atoms with Gasteiger partial charge in [0.2, 0.25) is 0 Å². The fourth-order valence-corrected chi connectivity index (χ4v) is 2.69. The summed E-state index contributed by atoms with van der Waals surface area (Å²) in [7, 11) is 0. The zero-order valence-corrected chi connectivity index (χ0v) is 15.1. The predicted octanol–water partition coefficient (Wildman–Crippen LogP) is 5.05. The number of benzene rings is 3. The third-order valence-electron chi connectivity index (χ3n) is 4.04. The fourth-order valence-electron chi connectivity index (χ4n) is 2.69. The molecule has 0 bridgehead atoms. The fraction of sp³-hybridized carbons (Fsp3) is 0.0909. The van der Waals surface area contributed by atoms with Gasteiger partial charge in [-0.3, -0.25) is 4.79 Å². The second-order valence-electron chi connectivity index (χ2n) is 6.14. The van der Waals surface area contributed by atoms with Crippen molar-refractivity contribution in [3.63, 3.8) is 0 Å². The van der Waals surface area contributed by atoms with Gasteiger partial charge in [0.15, 0.2) is 6.61 Å². The number of anilines is 1. The Hall–Kier alpha value is -3.61. The van der Waals surface area contributed by atoms with Crippen LogP contribution >= 0.6 is 0 Å². The monoisotopic (exact) mass is 399 g/mol. The van der Waals surface area contributed by atoms with Gasteiger partial charge in [-0.05, 0) is 35.2 Å². The normalized spacial score (nSPS) is 11.6. The van der Waals surface area contributed by atoms with Gasteiger partial charge in [-0.1, -0.05) is 48.5 Å². The molecule has 3 aromatic rings. The van der Waals surface area contributed by atoms with E-state index in [0.29, 0.717) is 5.69 Å². The first-order valence-corrected chi connectivity index (χ1v) is 8.62. The van der Waals surface area contributed by atoms with Crippen LogP contribution in [-0.4, -0.2) is 18.5 Å². The first-order chi connectivity index (χ1) is 13.8. The molecule has 1 N–H and O–H groups in total. The Balaban J connectivity index is 1.56. The molecule has 0 unspecified atom stereocenters. The summed E-state index contributed by atoms with van der Waals surface area (Å²) in [6, 6.07) is 17.4. The van der Waals surface area contributed by atoms with Gasteiger partial charge in [0.25, 0.3) is 5.91 Å². The minimum Gasteiger partial charge on any atom is -0.452 e. The highest BCUT2D eigenvalue weighted by molar-refractivity contribution is 6.03. The van der Waals surface area contributed by atoms with E-state index in [-0.39, 0.29) is 5.56 Å². The van der Waals surface area contributed by atoms with E-state index in [2.05, 4.69) is 5.32 Å². The molecule has 148 valence electrons. The van der Waals surface area contributed by atoms with E-state index in [0.717, 1.165) is 29.0 Å². The van der Waals surface area contributed by atoms with Crippen LogP contribution in [0.1, 0.15) is 11.1 Å². The second kappa shape index (κ2) is 8.60. The lowest BCUT2D eigenvalue weighted by Gasteiger charge is -2.08. The lowest BCUT2D eigenvalue weighted by Crippen LogP contribution is -2.20. The maximum absolute atomic E-state index is 12.7. The van der Waals surface area contributed by atoms with Gasteiger partial charge in [-0.25, -0.2) is 4.79 Å². The summed E-state index contributed by atoms with van der Waals surface area (Å²) < 4.78 is 42.9. The number of carbonyl (C=O) groups excluding carboxylic acids is 2. The molecule has 3 aromatic carbocycles. The van der Waals surface area contributed by atoms with Crippen LogP contribution in [0.5, 0.6) is 0 Å². The van der Waals surface area contributed by atoms with E-state index in [1.165, 1.54) is 18.2 Å². The molecular formula is C22H16F3NO3. The number of ether oxygens (including phenoxy) is 1. The number of alkyl halides is 3. The van der Waals surface area contributed by atoms with Crippen LogP contribution in [-0.2, 0) is 20.5 Å². The minimum atomic E-state index is -4.47. The molecule has 0 aliphatic heterocycles. The Morgan fingerprint density at radius 1 is 0.966 bits per heavy atom. The molecule has 0 saturated carbocycles. The van der Waals surface area contributed by atoms with Crippen LogP contribution in [0, 0.1) is 0 Å². The number of fused-ring (bicyclic) bond motifs is 1. The number of amides is 1. The highest BCUT2D eigenvalue weighted by Crippen LogP contribution is 2.29. The third-order valence-corrected chi connectivity index (χ3v) is 4.04. The van der Waals surface area contributed by atoms with E-state index in [1.54, 1.807) is 12.1 Å². The molecule has 0 radical (unpaired) electrons. The minimum absolute atomic E-state index is 0.192. The molecule has 0 heterocycles. The van der Waals surface area contributed by atoms with Crippen molar-refractivity contribution in [2.24, 2.45) is 0 Å². The van der Waals surface area contributed by atoms with E-state index < -0.39 is 30.2 Å². The van der Waals surface area contributed by atoms with E-state index >= 15 is 0 Å². The van der Waals surface area contributed by atoms with Crippen LogP contribution < -0.4 is 5.32 Å². The number of esters is 1. The average molecular weight is 399 g/mol. The van der Waals surface area contributed by atoms with Crippen molar-refractivity contribution in [3.8, 4) is 0 Å². The van der Waals surface area contributed by atoms with Gasteiger partial charge in [-0.2, -0.15) is 13.2 Å². The third kappa shape index (κ3) is 5.44. The van der Waals surface area contributed by atoms with Crippen LogP contribution in [0.4, 0.5) is 18.9 Å². The van der Waals surface area contributed by atoms with Gasteiger partial charge < -0.3 is 10.1 Å². The molecule has 0 aliphatic rings. The Morgan fingerprint density at radius 3 is 2.48 bits per heavy atom. The van der Waals surface area contributed by atoms with Crippen molar-refractivity contribution < 1.29 is 27.5 Å². The van der Waals surface area contributed by atoms with E-state index in [9.17, 15) is 22.8 Å². The highest BCUT2D eigenvalue weighted by atomic mass is 19.4. The van der Waals surface area contributed by atoms with Crippen LogP contribution in [0.2, 0.25) is 0 Å². The van der Waals surface area contributed by atoms with Crippen molar-refractivity contribution in [1.82, 2.24) is 0 Å². The molecule has 0 saturated heterocycles. The van der Waals surface area contributed by atoms with Crippen LogP contribution in [0.3, 0.4) is 0 Å². The summed E-state index contributed by atoms with van der Waals surface area (Å²) >= 11 is 0. The summed E-state index contributed by atoms with van der Waals surface area (Å²) in [6.45, 7) is -0.519. The molecule has 0 spiro atoms. The quantitative estimate of drug-likeness (QED) is 0.482. The van der Waals surface area contributed by atoms with Crippen molar-refractivity contribution in [1.29, 1.82) is 0 Å². The zero-order chi connectivity index (χ0) is 20.9. The largest absolute Gasteiger partial charge is 0.452 e. The lowest BCUT2D eigenvalue weighted by atomic mass is 10.1. The topological polar surface area (TPSA) is 55.4 Å². The molecule has 3 rings (SSSR count). The Kier molecular flexibility index (Phi) is 5.97. The van der Waals surface area contributed by atoms with Crippen LogP contribution in [0.25, 0.3) is 16.8 Å². The van der Waals surface area contributed by atoms with E-state index in [4.69, 9.17) is 4.74 Å². The maximum atomic E-state index is 12.7. The number of carbonyl (C=O) groups is 2. The van der Waals surface area contributed by atoms with Gasteiger partial charge in [0.05, 0.1) is 5.56 Å². The number of halogens is 3. The molecule has 0 atom stereocenters. The molecule has 7 heteroatoms. The highest BCUT2D eigenvalue weighted by Gasteiger charge is 2.30. The van der Waals surface area contributed by atoms with Crippen molar-refractivity contribution in [2.45, 2.75) is 6.18 Å². The summed E-state index contributed by atoms with van der Waals surface area (Å²) in [6.07, 6.45) is -2.30. The van der Waals surface area contributed by atoms with Crippen molar-refractivity contribution in [3.05, 3.63) is 83.9 Å².